The van der Waals surface area contributed by atoms with Crippen LogP contribution in [0.25, 0.3) is 0 Å². The van der Waals surface area contributed by atoms with Gasteiger partial charge in [-0.15, -0.1) is 0 Å². The number of carbonyl (C=O) groups excluding carboxylic acids is 2. The van der Waals surface area contributed by atoms with Gasteiger partial charge in [0, 0.05) is 6.07 Å². The molecular weight excluding hydrogens is 388 g/mol. The number of benzene rings is 1. The zero-order chi connectivity index (χ0) is 20.9. The number of ether oxygens (including phenoxy) is 3. The molecule has 0 radical (unpaired) electrons. The third kappa shape index (κ3) is 2.79. The molecule has 156 valence electrons. The number of methoxy groups -OCH3 is 2. The molecule has 1 N–H and O–H groups in total. The van der Waals surface area contributed by atoms with E-state index >= 15 is 0 Å². The number of anilines is 1. The van der Waals surface area contributed by atoms with Gasteiger partial charge in [0.1, 0.15) is 22.9 Å². The first-order valence-electron chi connectivity index (χ1n) is 9.76. The molecule has 8 nitrogen and oxygen atoms in total. The van der Waals surface area contributed by atoms with E-state index < -0.39 is 23.5 Å². The van der Waals surface area contributed by atoms with Gasteiger partial charge in [0.25, 0.3) is 0 Å². The van der Waals surface area contributed by atoms with Gasteiger partial charge in [-0.1, -0.05) is 12.2 Å². The number of nitrogens with one attached hydrogen (secondary N) is 1. The molecule has 2 saturated heterocycles. The van der Waals surface area contributed by atoms with Gasteiger partial charge < -0.3 is 28.8 Å². The summed E-state index contributed by atoms with van der Waals surface area (Å²) in [5.74, 6) is 0.251. The molecule has 0 unspecified atom stereocenters. The smallest absolute Gasteiger partial charge is 0.231 e. The van der Waals surface area contributed by atoms with Gasteiger partial charge in [-0.3, -0.25) is 9.59 Å². The number of furan rings is 1. The molecule has 8 heteroatoms. The average Bonchev–Trinajstić information content (AvgIpc) is 3.52. The van der Waals surface area contributed by atoms with Crippen LogP contribution in [0.2, 0.25) is 0 Å². The minimum atomic E-state index is -0.764. The fourth-order valence-corrected chi connectivity index (χ4v) is 4.72. The number of amides is 2. The second-order valence-corrected chi connectivity index (χ2v) is 7.73. The Bertz CT molecular complexity index is 1020. The minimum absolute atomic E-state index is 0.0971. The summed E-state index contributed by atoms with van der Waals surface area (Å²) >= 11 is 0. The lowest BCUT2D eigenvalue weighted by Gasteiger charge is -2.24. The highest BCUT2D eigenvalue weighted by atomic mass is 16.5. The Balaban J connectivity index is 1.38. The molecule has 2 fully saturated rings. The predicted molar refractivity (Wildman–Crippen MR) is 106 cm³/mol. The first-order chi connectivity index (χ1) is 14.5. The van der Waals surface area contributed by atoms with Gasteiger partial charge in [-0.05, 0) is 24.3 Å². The fourth-order valence-electron chi connectivity index (χ4n) is 4.72. The van der Waals surface area contributed by atoms with Gasteiger partial charge in [0.15, 0.2) is 0 Å². The van der Waals surface area contributed by atoms with E-state index in [9.17, 15) is 9.59 Å². The first-order valence-corrected chi connectivity index (χ1v) is 9.76. The summed E-state index contributed by atoms with van der Waals surface area (Å²) in [6.07, 6.45) is 4.97. The Morgan fingerprint density at radius 3 is 2.90 bits per heavy atom. The summed E-state index contributed by atoms with van der Waals surface area (Å²) < 4.78 is 22.1. The normalized spacial score (nSPS) is 28.7. The maximum atomic E-state index is 13.2. The van der Waals surface area contributed by atoms with Crippen LogP contribution in [0.1, 0.15) is 5.76 Å². The highest BCUT2D eigenvalue weighted by Crippen LogP contribution is 2.52. The van der Waals surface area contributed by atoms with E-state index in [1.807, 2.05) is 18.2 Å². The Morgan fingerprint density at radius 2 is 2.17 bits per heavy atom. The van der Waals surface area contributed by atoms with Crippen LogP contribution < -0.4 is 14.8 Å². The van der Waals surface area contributed by atoms with E-state index in [4.69, 9.17) is 18.6 Å². The molecule has 0 saturated carbocycles. The molecule has 2 bridgehead atoms. The van der Waals surface area contributed by atoms with Crippen molar-refractivity contribution < 1.29 is 28.2 Å². The molecule has 1 aromatic heterocycles. The van der Waals surface area contributed by atoms with E-state index in [0.29, 0.717) is 36.0 Å². The van der Waals surface area contributed by atoms with Crippen molar-refractivity contribution >= 4 is 17.5 Å². The quantitative estimate of drug-likeness (QED) is 0.735. The van der Waals surface area contributed by atoms with E-state index in [1.54, 1.807) is 42.5 Å². The van der Waals surface area contributed by atoms with Gasteiger partial charge >= 0.3 is 0 Å². The molecule has 1 aromatic carbocycles. The van der Waals surface area contributed by atoms with E-state index in [2.05, 4.69) is 5.32 Å². The molecule has 2 amide bonds. The maximum Gasteiger partial charge on any atom is 0.231 e. The van der Waals surface area contributed by atoms with Crippen molar-refractivity contribution in [2.24, 2.45) is 11.8 Å². The van der Waals surface area contributed by atoms with E-state index in [1.165, 1.54) is 7.11 Å². The molecular formula is C22H22N2O6. The van der Waals surface area contributed by atoms with E-state index in [-0.39, 0.29) is 11.8 Å². The zero-order valence-corrected chi connectivity index (χ0v) is 16.7. The third-order valence-electron chi connectivity index (χ3n) is 6.07. The number of nitrogens with zero attached hydrogens (tertiary/aromatic N) is 1. The third-order valence-corrected chi connectivity index (χ3v) is 6.07. The number of likely N-dealkylation sites (tertiary alicyclic amines) is 1. The summed E-state index contributed by atoms with van der Waals surface area (Å²) in [4.78, 5) is 28.2. The standard InChI is InChI=1S/C22H22N2O6/c1-27-13-5-6-15(17(10-13)28-2)23-20(25)18-16-7-8-22(30-16)12-24(21(26)19(18)22)11-14-4-3-9-29-14/h3-10,16,18-19H,11-12H2,1-2H3,(H,23,25)/t16-,18+,19-,22+/m0/s1. The van der Waals surface area contributed by atoms with Crippen LogP contribution in [0.4, 0.5) is 5.69 Å². The summed E-state index contributed by atoms with van der Waals surface area (Å²) in [6.45, 7) is 0.756. The number of carbonyl (C=O) groups is 2. The minimum Gasteiger partial charge on any atom is -0.497 e. The number of hydrogen-bond acceptors (Lipinski definition) is 6. The number of hydrogen-bond donors (Lipinski definition) is 1. The molecule has 3 aliphatic rings. The number of rotatable bonds is 6. The monoisotopic (exact) mass is 410 g/mol. The van der Waals surface area contributed by atoms with Crippen LogP contribution in [0.3, 0.4) is 0 Å². The topological polar surface area (TPSA) is 90.2 Å². The molecule has 0 aliphatic carbocycles. The second-order valence-electron chi connectivity index (χ2n) is 7.73. The Labute approximate surface area is 173 Å². The van der Waals surface area contributed by atoms with Crippen molar-refractivity contribution in [2.45, 2.75) is 18.2 Å². The van der Waals surface area contributed by atoms with Crippen molar-refractivity contribution in [2.75, 3.05) is 26.1 Å². The van der Waals surface area contributed by atoms with Gasteiger partial charge in [-0.25, -0.2) is 0 Å². The summed E-state index contributed by atoms with van der Waals surface area (Å²) in [7, 11) is 3.08. The summed E-state index contributed by atoms with van der Waals surface area (Å²) in [5, 5.41) is 2.91. The van der Waals surface area contributed by atoms with Crippen molar-refractivity contribution in [3.05, 3.63) is 54.5 Å². The molecule has 4 heterocycles. The molecule has 5 rings (SSSR count). The van der Waals surface area contributed by atoms with Crippen LogP contribution >= 0.6 is 0 Å². The lowest BCUT2D eigenvalue weighted by Crippen LogP contribution is -2.41. The Kier molecular flexibility index (Phi) is 4.32. The summed E-state index contributed by atoms with van der Waals surface area (Å²) in [6, 6.07) is 8.76. The van der Waals surface area contributed by atoms with Gasteiger partial charge in [-0.2, -0.15) is 0 Å². The largest absolute Gasteiger partial charge is 0.497 e. The maximum absolute atomic E-state index is 13.2. The van der Waals surface area contributed by atoms with Crippen LogP contribution in [0.15, 0.2) is 53.2 Å². The highest BCUT2D eigenvalue weighted by Gasteiger charge is 2.66. The predicted octanol–water partition coefficient (Wildman–Crippen LogP) is 2.22. The van der Waals surface area contributed by atoms with Crippen LogP contribution in [0, 0.1) is 11.8 Å². The van der Waals surface area contributed by atoms with Gasteiger partial charge in [0.05, 0.1) is 57.2 Å². The van der Waals surface area contributed by atoms with Gasteiger partial charge in [0.2, 0.25) is 11.8 Å². The first kappa shape index (κ1) is 18.7. The molecule has 4 atom stereocenters. The van der Waals surface area contributed by atoms with Crippen LogP contribution in [-0.4, -0.2) is 49.2 Å². The highest BCUT2D eigenvalue weighted by molar-refractivity contribution is 6.00. The van der Waals surface area contributed by atoms with Crippen molar-refractivity contribution in [3.63, 3.8) is 0 Å². The average molecular weight is 410 g/mol. The van der Waals surface area contributed by atoms with Crippen molar-refractivity contribution in [1.82, 2.24) is 4.90 Å². The fraction of sp³-hybridized carbons (Fsp3) is 0.364. The van der Waals surface area contributed by atoms with Crippen LogP contribution in [-0.2, 0) is 20.9 Å². The SMILES string of the molecule is COc1ccc(NC(=O)[C@@H]2[C@@H]3C=C[C@]4(CN(Cc5ccco5)C(=O)[C@H]24)O3)c(OC)c1. The molecule has 2 aromatic rings. The lowest BCUT2D eigenvalue weighted by atomic mass is 9.76. The second kappa shape index (κ2) is 6.91. The van der Waals surface area contributed by atoms with Crippen LogP contribution in [0.5, 0.6) is 11.5 Å². The number of fused-ring (bicyclic) bond motifs is 1. The summed E-state index contributed by atoms with van der Waals surface area (Å²) in [5.41, 5.74) is -0.248. The molecule has 3 aliphatic heterocycles. The lowest BCUT2D eigenvalue weighted by molar-refractivity contribution is -0.136. The van der Waals surface area contributed by atoms with Crippen molar-refractivity contribution in [1.29, 1.82) is 0 Å². The Hall–Kier alpha value is -3.26. The zero-order valence-electron chi connectivity index (χ0n) is 16.7. The Morgan fingerprint density at radius 1 is 1.30 bits per heavy atom. The molecule has 1 spiro atoms. The van der Waals surface area contributed by atoms with E-state index in [0.717, 1.165) is 0 Å². The molecule has 30 heavy (non-hydrogen) atoms. The van der Waals surface area contributed by atoms with Crippen molar-refractivity contribution in [3.8, 4) is 11.5 Å².